The van der Waals surface area contributed by atoms with Gasteiger partial charge >= 0.3 is 0 Å². The van der Waals surface area contributed by atoms with E-state index in [1.807, 2.05) is 30.3 Å². The van der Waals surface area contributed by atoms with Gasteiger partial charge in [0.1, 0.15) is 0 Å². The van der Waals surface area contributed by atoms with Gasteiger partial charge in [-0.2, -0.15) is 0 Å². The predicted octanol–water partition coefficient (Wildman–Crippen LogP) is 5.25. The number of aromatic nitrogens is 3. The van der Waals surface area contributed by atoms with E-state index >= 15 is 0 Å². The number of benzene rings is 2. The first-order valence-corrected chi connectivity index (χ1v) is 8.55. The van der Waals surface area contributed by atoms with Crippen molar-refractivity contribution in [1.29, 1.82) is 0 Å². The normalized spacial score (nSPS) is 13.6. The maximum absolute atomic E-state index is 4.74. The van der Waals surface area contributed by atoms with Gasteiger partial charge < -0.3 is 0 Å². The zero-order valence-electron chi connectivity index (χ0n) is 14.2. The van der Waals surface area contributed by atoms with E-state index in [-0.39, 0.29) is 0 Å². The summed E-state index contributed by atoms with van der Waals surface area (Å²) >= 11 is 0. The molecule has 2 aromatic carbocycles. The molecular weight excluding hydrogens is 306 g/mol. The van der Waals surface area contributed by atoms with E-state index in [9.17, 15) is 0 Å². The molecule has 0 saturated heterocycles. The summed E-state index contributed by atoms with van der Waals surface area (Å²) in [6.45, 7) is 2.08. The molecule has 0 saturated carbocycles. The minimum absolute atomic E-state index is 0.709. The van der Waals surface area contributed by atoms with Crippen LogP contribution in [0.3, 0.4) is 0 Å². The van der Waals surface area contributed by atoms with Crippen molar-refractivity contribution in [3.8, 4) is 22.8 Å². The molecule has 0 spiro atoms. The summed E-state index contributed by atoms with van der Waals surface area (Å²) in [5, 5.41) is 0. The minimum atomic E-state index is 0.709. The van der Waals surface area contributed by atoms with Gasteiger partial charge in [0, 0.05) is 16.7 Å². The highest BCUT2D eigenvalue weighted by molar-refractivity contribution is 5.73. The molecule has 0 aliphatic heterocycles. The maximum Gasteiger partial charge on any atom is 0.164 e. The van der Waals surface area contributed by atoms with Gasteiger partial charge in [0.25, 0.3) is 0 Å². The molecule has 1 aliphatic carbocycles. The predicted molar refractivity (Wildman–Crippen MR) is 102 cm³/mol. The van der Waals surface area contributed by atoms with Gasteiger partial charge in [0.05, 0.1) is 0 Å². The standard InChI is InChI=1S/C22H19N3/c1-16-12-14-19(15-13-16)22-24-20(17-8-4-2-5-9-17)23-21(25-22)18-10-6-3-7-11-18/h2,4-6,8-15H,3,7H2,1H3. The fourth-order valence-corrected chi connectivity index (χ4v) is 2.83. The Bertz CT molecular complexity index is 939. The third-order valence-electron chi connectivity index (χ3n) is 4.23. The van der Waals surface area contributed by atoms with Crippen LogP contribution in [0.2, 0.25) is 0 Å². The maximum atomic E-state index is 4.74. The number of allylic oxidation sites excluding steroid dienone is 4. The zero-order valence-corrected chi connectivity index (χ0v) is 14.2. The lowest BCUT2D eigenvalue weighted by atomic mass is 10.1. The van der Waals surface area contributed by atoms with Gasteiger partial charge in [-0.15, -0.1) is 0 Å². The van der Waals surface area contributed by atoms with Crippen LogP contribution in [0.25, 0.3) is 28.3 Å². The van der Waals surface area contributed by atoms with Gasteiger partial charge in [0.2, 0.25) is 0 Å². The van der Waals surface area contributed by atoms with Crippen molar-refractivity contribution in [1.82, 2.24) is 15.0 Å². The summed E-state index contributed by atoms with van der Waals surface area (Å²) in [4.78, 5) is 14.2. The highest BCUT2D eigenvalue weighted by atomic mass is 15.0. The molecule has 4 rings (SSSR count). The molecule has 0 amide bonds. The smallest absolute Gasteiger partial charge is 0.164 e. The van der Waals surface area contributed by atoms with E-state index in [4.69, 9.17) is 15.0 Å². The Labute approximate surface area is 147 Å². The monoisotopic (exact) mass is 325 g/mol. The van der Waals surface area contributed by atoms with Crippen LogP contribution >= 0.6 is 0 Å². The number of aryl methyl sites for hydroxylation is 1. The topological polar surface area (TPSA) is 38.7 Å². The zero-order chi connectivity index (χ0) is 17.1. The molecule has 0 atom stereocenters. The van der Waals surface area contributed by atoms with E-state index < -0.39 is 0 Å². The highest BCUT2D eigenvalue weighted by Crippen LogP contribution is 2.25. The third-order valence-corrected chi connectivity index (χ3v) is 4.23. The van der Waals surface area contributed by atoms with Crippen molar-refractivity contribution < 1.29 is 0 Å². The van der Waals surface area contributed by atoms with E-state index in [0.717, 1.165) is 35.4 Å². The molecule has 3 nitrogen and oxygen atoms in total. The van der Waals surface area contributed by atoms with E-state index in [1.54, 1.807) is 0 Å². The van der Waals surface area contributed by atoms with Crippen molar-refractivity contribution >= 4 is 5.57 Å². The van der Waals surface area contributed by atoms with Crippen LogP contribution in [-0.4, -0.2) is 15.0 Å². The van der Waals surface area contributed by atoms with E-state index in [1.165, 1.54) is 5.56 Å². The van der Waals surface area contributed by atoms with Gasteiger partial charge in [-0.25, -0.2) is 15.0 Å². The Hall–Kier alpha value is -3.07. The average molecular weight is 325 g/mol. The SMILES string of the molecule is Cc1ccc(-c2nc(C3=CCCC=C3)nc(-c3ccccc3)n2)cc1. The Morgan fingerprint density at radius 3 is 1.96 bits per heavy atom. The molecule has 122 valence electrons. The largest absolute Gasteiger partial charge is 0.208 e. The molecule has 3 heteroatoms. The second-order valence-corrected chi connectivity index (χ2v) is 6.18. The number of hydrogen-bond acceptors (Lipinski definition) is 3. The molecule has 3 aromatic rings. The molecule has 0 fully saturated rings. The summed E-state index contributed by atoms with van der Waals surface area (Å²) < 4.78 is 0. The first kappa shape index (κ1) is 15.5. The second kappa shape index (κ2) is 6.81. The Morgan fingerprint density at radius 1 is 0.680 bits per heavy atom. The summed E-state index contributed by atoms with van der Waals surface area (Å²) in [6, 6.07) is 18.4. The van der Waals surface area contributed by atoms with Crippen LogP contribution in [-0.2, 0) is 0 Å². The Balaban J connectivity index is 1.87. The van der Waals surface area contributed by atoms with Crippen LogP contribution in [0.15, 0.2) is 72.8 Å². The molecule has 0 radical (unpaired) electrons. The summed E-state index contributed by atoms with van der Waals surface area (Å²) in [5.74, 6) is 2.16. The summed E-state index contributed by atoms with van der Waals surface area (Å²) in [5.41, 5.74) is 4.30. The second-order valence-electron chi connectivity index (χ2n) is 6.18. The molecule has 0 N–H and O–H groups in total. The molecular formula is C22H19N3. The molecule has 25 heavy (non-hydrogen) atoms. The quantitative estimate of drug-likeness (QED) is 0.660. The highest BCUT2D eigenvalue weighted by Gasteiger charge is 2.13. The summed E-state index contributed by atoms with van der Waals surface area (Å²) in [7, 11) is 0. The number of rotatable bonds is 3. The first-order chi connectivity index (χ1) is 12.3. The molecule has 0 unspecified atom stereocenters. The molecule has 1 aromatic heterocycles. The lowest BCUT2D eigenvalue weighted by molar-refractivity contribution is 1.01. The minimum Gasteiger partial charge on any atom is -0.208 e. The lowest BCUT2D eigenvalue weighted by Gasteiger charge is -2.10. The van der Waals surface area contributed by atoms with Crippen molar-refractivity contribution in [2.75, 3.05) is 0 Å². The van der Waals surface area contributed by atoms with Crippen LogP contribution in [0.1, 0.15) is 24.2 Å². The average Bonchev–Trinajstić information content (AvgIpc) is 2.69. The van der Waals surface area contributed by atoms with Crippen molar-refractivity contribution in [3.05, 3.63) is 84.2 Å². The third kappa shape index (κ3) is 3.41. The van der Waals surface area contributed by atoms with Gasteiger partial charge in [0.15, 0.2) is 17.5 Å². The Kier molecular flexibility index (Phi) is 4.21. The van der Waals surface area contributed by atoms with Crippen LogP contribution in [0.5, 0.6) is 0 Å². The lowest BCUT2D eigenvalue weighted by Crippen LogP contribution is -2.03. The van der Waals surface area contributed by atoms with E-state index in [2.05, 4.69) is 49.4 Å². The number of nitrogens with zero attached hydrogens (tertiary/aromatic N) is 3. The Morgan fingerprint density at radius 2 is 1.32 bits per heavy atom. The van der Waals surface area contributed by atoms with Crippen molar-refractivity contribution in [2.45, 2.75) is 19.8 Å². The van der Waals surface area contributed by atoms with Gasteiger partial charge in [-0.3, -0.25) is 0 Å². The van der Waals surface area contributed by atoms with Crippen LogP contribution in [0, 0.1) is 6.92 Å². The molecule has 1 heterocycles. The fraction of sp³-hybridized carbons (Fsp3) is 0.136. The van der Waals surface area contributed by atoms with Gasteiger partial charge in [-0.05, 0) is 19.8 Å². The fourth-order valence-electron chi connectivity index (χ4n) is 2.83. The van der Waals surface area contributed by atoms with E-state index in [0.29, 0.717) is 11.6 Å². The molecule has 1 aliphatic rings. The van der Waals surface area contributed by atoms with Crippen LogP contribution < -0.4 is 0 Å². The number of hydrogen-bond donors (Lipinski definition) is 0. The molecule has 0 bridgehead atoms. The first-order valence-electron chi connectivity index (χ1n) is 8.55. The van der Waals surface area contributed by atoms with Crippen molar-refractivity contribution in [2.24, 2.45) is 0 Å². The van der Waals surface area contributed by atoms with Crippen LogP contribution in [0.4, 0.5) is 0 Å². The summed E-state index contributed by atoms with van der Waals surface area (Å²) in [6.07, 6.45) is 8.57. The van der Waals surface area contributed by atoms with Gasteiger partial charge in [-0.1, -0.05) is 78.4 Å². The van der Waals surface area contributed by atoms with Crippen molar-refractivity contribution in [3.63, 3.8) is 0 Å².